The van der Waals surface area contributed by atoms with Crippen LogP contribution in [-0.2, 0) is 16.2 Å². The third-order valence-electron chi connectivity index (χ3n) is 13.0. The summed E-state index contributed by atoms with van der Waals surface area (Å²) >= 11 is 0. The van der Waals surface area contributed by atoms with Gasteiger partial charge in [0.2, 0.25) is 0 Å². The second-order valence-corrected chi connectivity index (χ2v) is 18.5. The monoisotopic (exact) mass is 655 g/mol. The van der Waals surface area contributed by atoms with Gasteiger partial charge in [-0.05, 0) is 138 Å². The normalized spacial score (nSPS) is 23.6. The Kier molecular flexibility index (Phi) is 6.30. The van der Waals surface area contributed by atoms with E-state index in [1.807, 2.05) is 0 Å². The molecule has 0 spiro atoms. The van der Waals surface area contributed by atoms with Crippen LogP contribution in [-0.4, -0.2) is 14.1 Å². The Labute approximate surface area is 296 Å². The molecule has 50 heavy (non-hydrogen) atoms. The van der Waals surface area contributed by atoms with Crippen molar-refractivity contribution in [2.45, 2.75) is 96.3 Å². The summed E-state index contributed by atoms with van der Waals surface area (Å²) in [6.07, 6.45) is 10.6. The van der Waals surface area contributed by atoms with Crippen molar-refractivity contribution >= 4 is 43.6 Å². The Morgan fingerprint density at radius 1 is 0.540 bits per heavy atom. The summed E-state index contributed by atoms with van der Waals surface area (Å²) in [6, 6.07) is 35.0. The van der Waals surface area contributed by atoms with Gasteiger partial charge in [-0.2, -0.15) is 0 Å². The Morgan fingerprint density at radius 2 is 1.10 bits per heavy atom. The molecule has 4 aliphatic rings. The number of hydrogen-bond donors (Lipinski definition) is 0. The lowest BCUT2D eigenvalue weighted by atomic mass is 9.48. The topological polar surface area (TPSA) is 22.8 Å². The molecule has 0 N–H and O–H groups in total. The minimum Gasteiger partial charge on any atom is -0.308 e. The standard InChI is InChI=1S/C47H49N3/c1-45(2,3)32-12-16-41-38(22-32)39-23-33(46(4,5)6)13-17-42(39)49(41)35-14-18-44(48-28-35)50-40-10-8-7-9-36(40)37-15-11-34(24-43(37)50)47-25-29-19-30(26-47)21-31(20-29)27-47/h7-18,22-24,28-31H,19-21,25-27H2,1-6H3. The van der Waals surface area contributed by atoms with Crippen LogP contribution in [0.1, 0.15) is 96.8 Å². The zero-order chi connectivity index (χ0) is 34.2. The van der Waals surface area contributed by atoms with E-state index in [1.54, 1.807) is 5.56 Å². The smallest absolute Gasteiger partial charge is 0.137 e. The summed E-state index contributed by atoms with van der Waals surface area (Å²) in [5, 5.41) is 5.24. The average molecular weight is 656 g/mol. The number of hydrogen-bond acceptors (Lipinski definition) is 1. The number of rotatable bonds is 3. The Hall–Kier alpha value is -4.37. The summed E-state index contributed by atoms with van der Waals surface area (Å²) in [5.74, 6) is 3.77. The largest absolute Gasteiger partial charge is 0.308 e. The van der Waals surface area contributed by atoms with E-state index in [-0.39, 0.29) is 10.8 Å². The van der Waals surface area contributed by atoms with Gasteiger partial charge in [-0.3, -0.25) is 4.57 Å². The van der Waals surface area contributed by atoms with E-state index in [2.05, 4.69) is 148 Å². The molecular weight excluding hydrogens is 607 g/mol. The summed E-state index contributed by atoms with van der Waals surface area (Å²) in [7, 11) is 0. The van der Waals surface area contributed by atoms with Crippen LogP contribution in [0.3, 0.4) is 0 Å². The van der Waals surface area contributed by atoms with Gasteiger partial charge in [-0.1, -0.05) is 84.0 Å². The van der Waals surface area contributed by atoms with E-state index in [4.69, 9.17) is 4.98 Å². The van der Waals surface area contributed by atoms with Gasteiger partial charge in [0.05, 0.1) is 34.0 Å². The number of fused-ring (bicyclic) bond motifs is 6. The molecule has 4 aromatic carbocycles. The van der Waals surface area contributed by atoms with E-state index >= 15 is 0 Å². The summed E-state index contributed by atoms with van der Waals surface area (Å²) < 4.78 is 4.84. The average Bonchev–Trinajstić information content (AvgIpc) is 3.59. The molecule has 0 aliphatic heterocycles. The predicted octanol–water partition coefficient (Wildman–Crippen LogP) is 12.3. The highest BCUT2D eigenvalue weighted by atomic mass is 15.1. The number of pyridine rings is 1. The molecule has 3 aromatic heterocycles. The lowest BCUT2D eigenvalue weighted by Crippen LogP contribution is -2.48. The lowest BCUT2D eigenvalue weighted by molar-refractivity contribution is -0.00513. The first kappa shape index (κ1) is 30.5. The van der Waals surface area contributed by atoms with Crippen molar-refractivity contribution in [1.82, 2.24) is 14.1 Å². The minimum absolute atomic E-state index is 0.0747. The van der Waals surface area contributed by atoms with Crippen molar-refractivity contribution in [3.05, 3.63) is 114 Å². The van der Waals surface area contributed by atoms with Crippen molar-refractivity contribution in [2.24, 2.45) is 17.8 Å². The van der Waals surface area contributed by atoms with E-state index in [0.29, 0.717) is 5.41 Å². The fourth-order valence-corrected chi connectivity index (χ4v) is 10.9. The van der Waals surface area contributed by atoms with Gasteiger partial charge in [0.25, 0.3) is 0 Å². The van der Waals surface area contributed by atoms with Gasteiger partial charge in [-0.15, -0.1) is 0 Å². The molecular formula is C47H49N3. The SMILES string of the molecule is CC(C)(C)c1ccc2c(c1)c1cc(C(C)(C)C)ccc1n2-c1ccc(-n2c3ccccc3c3ccc(C45CC6CC(CC(C6)C4)C5)cc32)nc1. The molecule has 252 valence electrons. The number of nitrogens with zero attached hydrogens (tertiary/aromatic N) is 3. The molecule has 3 nitrogen and oxygen atoms in total. The number of aromatic nitrogens is 3. The second kappa shape index (κ2) is 10.3. The molecule has 11 rings (SSSR count). The highest BCUT2D eigenvalue weighted by molar-refractivity contribution is 6.10. The molecule has 4 fully saturated rings. The molecule has 4 aliphatic carbocycles. The van der Waals surface area contributed by atoms with Gasteiger partial charge in [0.1, 0.15) is 5.82 Å². The molecule has 0 radical (unpaired) electrons. The van der Waals surface area contributed by atoms with Crippen LogP contribution in [0.25, 0.3) is 55.1 Å². The molecule has 0 atom stereocenters. The molecule has 0 amide bonds. The van der Waals surface area contributed by atoms with E-state index in [0.717, 1.165) is 29.3 Å². The maximum absolute atomic E-state index is 5.27. The van der Waals surface area contributed by atoms with Gasteiger partial charge >= 0.3 is 0 Å². The van der Waals surface area contributed by atoms with Gasteiger partial charge in [0, 0.05) is 21.5 Å². The van der Waals surface area contributed by atoms with Crippen LogP contribution in [0.4, 0.5) is 0 Å². The fraction of sp³-hybridized carbons (Fsp3) is 0.383. The second-order valence-electron chi connectivity index (χ2n) is 18.5. The predicted molar refractivity (Wildman–Crippen MR) is 210 cm³/mol. The third kappa shape index (κ3) is 4.51. The van der Waals surface area contributed by atoms with Crippen molar-refractivity contribution in [2.75, 3.05) is 0 Å². The maximum Gasteiger partial charge on any atom is 0.137 e. The van der Waals surface area contributed by atoms with Crippen LogP contribution >= 0.6 is 0 Å². The molecule has 3 heteroatoms. The van der Waals surface area contributed by atoms with Crippen LogP contribution in [0, 0.1) is 17.8 Å². The number of benzene rings is 4. The summed E-state index contributed by atoms with van der Waals surface area (Å²) in [6.45, 7) is 13.8. The lowest BCUT2D eigenvalue weighted by Gasteiger charge is -2.57. The number of para-hydroxylation sites is 1. The van der Waals surface area contributed by atoms with Gasteiger partial charge < -0.3 is 4.57 Å². The van der Waals surface area contributed by atoms with E-state index < -0.39 is 0 Å². The van der Waals surface area contributed by atoms with E-state index in [9.17, 15) is 0 Å². The quantitative estimate of drug-likeness (QED) is 0.186. The summed E-state index contributed by atoms with van der Waals surface area (Å²) in [5.41, 5.74) is 10.9. The first-order valence-corrected chi connectivity index (χ1v) is 19.0. The molecule has 0 unspecified atom stereocenters. The van der Waals surface area contributed by atoms with Gasteiger partial charge in [0.15, 0.2) is 0 Å². The Morgan fingerprint density at radius 3 is 1.66 bits per heavy atom. The molecule has 3 heterocycles. The fourth-order valence-electron chi connectivity index (χ4n) is 10.9. The van der Waals surface area contributed by atoms with E-state index in [1.165, 1.54) is 93.3 Å². The highest BCUT2D eigenvalue weighted by Crippen LogP contribution is 2.61. The third-order valence-corrected chi connectivity index (χ3v) is 13.0. The highest BCUT2D eigenvalue weighted by Gasteiger charge is 2.51. The van der Waals surface area contributed by atoms with Crippen LogP contribution in [0.2, 0.25) is 0 Å². The first-order chi connectivity index (χ1) is 23.9. The zero-order valence-corrected chi connectivity index (χ0v) is 30.6. The van der Waals surface area contributed by atoms with Crippen LogP contribution in [0.5, 0.6) is 0 Å². The molecule has 4 bridgehead atoms. The Bertz CT molecular complexity index is 2370. The molecule has 0 saturated heterocycles. The minimum atomic E-state index is 0.0747. The van der Waals surface area contributed by atoms with Crippen LogP contribution < -0.4 is 0 Å². The van der Waals surface area contributed by atoms with Crippen molar-refractivity contribution in [3.8, 4) is 11.5 Å². The Balaban J connectivity index is 1.13. The van der Waals surface area contributed by atoms with Crippen LogP contribution in [0.15, 0.2) is 97.2 Å². The van der Waals surface area contributed by atoms with Crippen molar-refractivity contribution < 1.29 is 0 Å². The van der Waals surface area contributed by atoms with Gasteiger partial charge in [-0.25, -0.2) is 4.98 Å². The van der Waals surface area contributed by atoms with Crippen molar-refractivity contribution in [1.29, 1.82) is 0 Å². The summed E-state index contributed by atoms with van der Waals surface area (Å²) in [4.78, 5) is 5.27. The molecule has 4 saturated carbocycles. The first-order valence-electron chi connectivity index (χ1n) is 19.0. The van der Waals surface area contributed by atoms with Crippen molar-refractivity contribution in [3.63, 3.8) is 0 Å². The maximum atomic E-state index is 5.27. The molecule has 7 aromatic rings. The zero-order valence-electron chi connectivity index (χ0n) is 30.6.